The van der Waals surface area contributed by atoms with Gasteiger partial charge in [0.2, 0.25) is 5.91 Å². The zero-order valence-electron chi connectivity index (χ0n) is 16.4. The van der Waals surface area contributed by atoms with E-state index in [0.29, 0.717) is 17.9 Å². The average molecular weight is 392 g/mol. The maximum absolute atomic E-state index is 12.2. The molecule has 1 heterocycles. The van der Waals surface area contributed by atoms with Crippen LogP contribution in [0.3, 0.4) is 0 Å². The Labute approximate surface area is 169 Å². The maximum atomic E-state index is 12.2. The molecule has 0 radical (unpaired) electrons. The van der Waals surface area contributed by atoms with E-state index >= 15 is 0 Å². The number of rotatable bonds is 6. The molecule has 0 aliphatic heterocycles. The number of likely N-dealkylation sites (N-methyl/N-ethyl adjacent to an activating group) is 1. The van der Waals surface area contributed by atoms with Gasteiger partial charge in [0.1, 0.15) is 17.1 Å². The summed E-state index contributed by atoms with van der Waals surface area (Å²) in [5.74, 6) is 1.45. The van der Waals surface area contributed by atoms with Crippen molar-refractivity contribution in [2.24, 2.45) is 0 Å². The molecule has 2 N–H and O–H groups in total. The number of carbonyl (C=O) groups is 2. The summed E-state index contributed by atoms with van der Waals surface area (Å²) in [6.07, 6.45) is 4.68. The van der Waals surface area contributed by atoms with Gasteiger partial charge in [-0.15, -0.1) is 0 Å². The zero-order chi connectivity index (χ0) is 20.2. The summed E-state index contributed by atoms with van der Waals surface area (Å²) < 4.78 is 11.6. The SMILES string of the molecule is CNC(=O)Cc1ccc(NC(=O)COc2ccc3oc4c(c3c2)CCCC4)cc1. The van der Waals surface area contributed by atoms with Gasteiger partial charge in [-0.05, 0) is 55.2 Å². The summed E-state index contributed by atoms with van der Waals surface area (Å²) in [4.78, 5) is 23.6. The van der Waals surface area contributed by atoms with Crippen molar-refractivity contribution in [3.05, 3.63) is 59.4 Å². The lowest BCUT2D eigenvalue weighted by Gasteiger charge is -2.10. The van der Waals surface area contributed by atoms with Crippen LogP contribution in [0.15, 0.2) is 46.9 Å². The molecular formula is C23H24N2O4. The smallest absolute Gasteiger partial charge is 0.262 e. The van der Waals surface area contributed by atoms with E-state index in [1.807, 2.05) is 30.3 Å². The molecule has 4 rings (SSSR count). The van der Waals surface area contributed by atoms with Crippen LogP contribution < -0.4 is 15.4 Å². The number of hydrogen-bond acceptors (Lipinski definition) is 4. The van der Waals surface area contributed by atoms with Gasteiger partial charge in [-0.25, -0.2) is 0 Å². The number of nitrogens with one attached hydrogen (secondary N) is 2. The summed E-state index contributed by atoms with van der Waals surface area (Å²) in [7, 11) is 1.61. The first-order chi connectivity index (χ1) is 14.1. The summed E-state index contributed by atoms with van der Waals surface area (Å²) >= 11 is 0. The first-order valence-electron chi connectivity index (χ1n) is 9.89. The van der Waals surface area contributed by atoms with Gasteiger partial charge in [0, 0.05) is 30.1 Å². The predicted molar refractivity (Wildman–Crippen MR) is 111 cm³/mol. The molecule has 6 nitrogen and oxygen atoms in total. The molecule has 1 aromatic heterocycles. The van der Waals surface area contributed by atoms with E-state index in [1.54, 1.807) is 19.2 Å². The molecule has 29 heavy (non-hydrogen) atoms. The van der Waals surface area contributed by atoms with Crippen molar-refractivity contribution in [2.45, 2.75) is 32.1 Å². The molecule has 1 aliphatic carbocycles. The third-order valence-electron chi connectivity index (χ3n) is 5.18. The van der Waals surface area contributed by atoms with Crippen LogP contribution in [0, 0.1) is 0 Å². The molecule has 0 atom stereocenters. The number of furan rings is 1. The Morgan fingerprint density at radius 3 is 2.62 bits per heavy atom. The highest BCUT2D eigenvalue weighted by Gasteiger charge is 2.18. The molecule has 150 valence electrons. The Hall–Kier alpha value is -3.28. The van der Waals surface area contributed by atoms with Crippen molar-refractivity contribution in [3.63, 3.8) is 0 Å². The van der Waals surface area contributed by atoms with Crippen LogP contribution in [-0.2, 0) is 28.9 Å². The monoisotopic (exact) mass is 392 g/mol. The molecule has 3 aromatic rings. The lowest BCUT2D eigenvalue weighted by molar-refractivity contribution is -0.120. The number of anilines is 1. The lowest BCUT2D eigenvalue weighted by Crippen LogP contribution is -2.21. The second kappa shape index (κ2) is 8.39. The molecule has 0 unspecified atom stereocenters. The number of amides is 2. The highest BCUT2D eigenvalue weighted by atomic mass is 16.5. The van der Waals surface area contributed by atoms with Crippen molar-refractivity contribution >= 4 is 28.5 Å². The van der Waals surface area contributed by atoms with Crippen LogP contribution in [0.2, 0.25) is 0 Å². The summed E-state index contributed by atoms with van der Waals surface area (Å²) in [6.45, 7) is -0.0778. The molecule has 0 saturated carbocycles. The van der Waals surface area contributed by atoms with E-state index < -0.39 is 0 Å². The van der Waals surface area contributed by atoms with Crippen LogP contribution in [0.1, 0.15) is 29.7 Å². The van der Waals surface area contributed by atoms with Crippen LogP contribution >= 0.6 is 0 Å². The molecule has 2 amide bonds. The van der Waals surface area contributed by atoms with Crippen molar-refractivity contribution in [1.29, 1.82) is 0 Å². The van der Waals surface area contributed by atoms with Crippen molar-refractivity contribution in [2.75, 3.05) is 19.0 Å². The van der Waals surface area contributed by atoms with Gasteiger partial charge >= 0.3 is 0 Å². The van der Waals surface area contributed by atoms with Gasteiger partial charge in [0.25, 0.3) is 5.91 Å². The molecule has 0 bridgehead atoms. The maximum Gasteiger partial charge on any atom is 0.262 e. The predicted octanol–water partition coefficient (Wildman–Crippen LogP) is 3.62. The zero-order valence-corrected chi connectivity index (χ0v) is 16.4. The fourth-order valence-corrected chi connectivity index (χ4v) is 3.66. The Bertz CT molecular complexity index is 1040. The van der Waals surface area contributed by atoms with Crippen molar-refractivity contribution < 1.29 is 18.7 Å². The topological polar surface area (TPSA) is 80.6 Å². The van der Waals surface area contributed by atoms with Gasteiger partial charge in [-0.3, -0.25) is 9.59 Å². The molecule has 1 aliphatic rings. The van der Waals surface area contributed by atoms with E-state index in [4.69, 9.17) is 9.15 Å². The second-order valence-electron chi connectivity index (χ2n) is 7.25. The quantitative estimate of drug-likeness (QED) is 0.671. The molecule has 0 saturated heterocycles. The fourth-order valence-electron chi connectivity index (χ4n) is 3.66. The first-order valence-corrected chi connectivity index (χ1v) is 9.89. The minimum absolute atomic E-state index is 0.0500. The number of aryl methyl sites for hydroxylation is 2. The number of hydrogen-bond donors (Lipinski definition) is 2. The van der Waals surface area contributed by atoms with Crippen molar-refractivity contribution in [3.8, 4) is 5.75 Å². The third-order valence-corrected chi connectivity index (χ3v) is 5.18. The summed E-state index contributed by atoms with van der Waals surface area (Å²) in [5.41, 5.74) is 3.71. The Morgan fingerprint density at radius 1 is 1.03 bits per heavy atom. The summed E-state index contributed by atoms with van der Waals surface area (Å²) in [5, 5.41) is 6.48. The van der Waals surface area contributed by atoms with Crippen LogP contribution in [-0.4, -0.2) is 25.5 Å². The van der Waals surface area contributed by atoms with E-state index in [2.05, 4.69) is 10.6 Å². The number of benzene rings is 2. The standard InChI is InChI=1S/C23H24N2O4/c1-24-22(26)12-15-6-8-16(9-7-15)25-23(27)14-28-17-10-11-21-19(13-17)18-4-2-3-5-20(18)29-21/h6-11,13H,2-5,12,14H2,1H3,(H,24,26)(H,25,27). The first kappa shape index (κ1) is 19.1. The number of fused-ring (bicyclic) bond motifs is 3. The Kier molecular flexibility index (Phi) is 5.51. The van der Waals surface area contributed by atoms with Crippen LogP contribution in [0.5, 0.6) is 5.75 Å². The number of carbonyl (C=O) groups excluding carboxylic acids is 2. The highest BCUT2D eigenvalue weighted by molar-refractivity contribution is 5.92. The average Bonchev–Trinajstić information content (AvgIpc) is 3.11. The molecule has 0 fully saturated rings. The van der Waals surface area contributed by atoms with E-state index in [9.17, 15) is 9.59 Å². The minimum Gasteiger partial charge on any atom is -0.484 e. The molecule has 0 spiro atoms. The van der Waals surface area contributed by atoms with Crippen LogP contribution in [0.25, 0.3) is 11.0 Å². The number of ether oxygens (including phenoxy) is 1. The van der Waals surface area contributed by atoms with Gasteiger partial charge in [0.05, 0.1) is 6.42 Å². The molecule has 2 aromatic carbocycles. The fraction of sp³-hybridized carbons (Fsp3) is 0.304. The Morgan fingerprint density at radius 2 is 1.83 bits per heavy atom. The summed E-state index contributed by atoms with van der Waals surface area (Å²) in [6, 6.07) is 12.9. The van der Waals surface area contributed by atoms with E-state index in [-0.39, 0.29) is 18.4 Å². The largest absolute Gasteiger partial charge is 0.484 e. The molecular weight excluding hydrogens is 368 g/mol. The second-order valence-corrected chi connectivity index (χ2v) is 7.25. The lowest BCUT2D eigenvalue weighted by atomic mass is 9.96. The van der Waals surface area contributed by atoms with Crippen molar-refractivity contribution in [1.82, 2.24) is 5.32 Å². The van der Waals surface area contributed by atoms with Gasteiger partial charge in [0.15, 0.2) is 6.61 Å². The van der Waals surface area contributed by atoms with Gasteiger partial charge in [-0.2, -0.15) is 0 Å². The van der Waals surface area contributed by atoms with Gasteiger partial charge in [-0.1, -0.05) is 12.1 Å². The third kappa shape index (κ3) is 4.42. The van der Waals surface area contributed by atoms with Gasteiger partial charge < -0.3 is 19.8 Å². The molecule has 6 heteroatoms. The minimum atomic E-state index is -0.238. The Balaban J connectivity index is 1.35. The van der Waals surface area contributed by atoms with Crippen LogP contribution in [0.4, 0.5) is 5.69 Å². The highest BCUT2D eigenvalue weighted by Crippen LogP contribution is 2.33. The normalized spacial score (nSPS) is 13.0. The van der Waals surface area contributed by atoms with E-state index in [0.717, 1.165) is 35.1 Å². The van der Waals surface area contributed by atoms with E-state index in [1.165, 1.54) is 18.4 Å².